The normalized spacial score (nSPS) is 22.8. The van der Waals surface area contributed by atoms with Gasteiger partial charge in [-0.1, -0.05) is 24.3 Å². The van der Waals surface area contributed by atoms with E-state index in [1.165, 1.54) is 35.7 Å². The molecule has 4 atom stereocenters. The summed E-state index contributed by atoms with van der Waals surface area (Å²) in [6, 6.07) is 6.40. The molecule has 0 radical (unpaired) electrons. The summed E-state index contributed by atoms with van der Waals surface area (Å²) in [6.07, 6.45) is 3.73. The van der Waals surface area contributed by atoms with Crippen molar-refractivity contribution in [1.29, 1.82) is 0 Å². The third kappa shape index (κ3) is 8.61. The number of carbonyl (C=O) groups is 2. The van der Waals surface area contributed by atoms with Gasteiger partial charge in [0, 0.05) is 25.0 Å². The van der Waals surface area contributed by atoms with E-state index in [9.17, 15) is 28.2 Å². The number of aliphatic hydroxyl groups is 2. The standard InChI is InChI=1S/C21H28O7S3/c1-31(27,28)16-5-2-4-14(11-16)10-15(22)6-7-17-18(23)12-19(24)21(17)30-9-3-8-29-13-20(25)26/h2,4-7,11,15,17-18,21-23H,3,8-10,12-13H2,1H3,(H,25,26)/t15?,17-,18?,21?/m0/s1. The molecule has 1 fully saturated rings. The zero-order valence-electron chi connectivity index (χ0n) is 17.2. The van der Waals surface area contributed by atoms with Crippen molar-refractivity contribution in [3.63, 3.8) is 0 Å². The van der Waals surface area contributed by atoms with Crippen molar-refractivity contribution in [2.24, 2.45) is 5.92 Å². The van der Waals surface area contributed by atoms with E-state index in [4.69, 9.17) is 5.11 Å². The van der Waals surface area contributed by atoms with Gasteiger partial charge in [-0.25, -0.2) is 8.42 Å². The maximum absolute atomic E-state index is 12.3. The molecule has 1 saturated carbocycles. The van der Waals surface area contributed by atoms with Crippen LogP contribution < -0.4 is 0 Å². The second-order valence-corrected chi connectivity index (χ2v) is 11.9. The van der Waals surface area contributed by atoms with Gasteiger partial charge in [0.25, 0.3) is 0 Å². The quantitative estimate of drug-likeness (QED) is 0.298. The van der Waals surface area contributed by atoms with Crippen molar-refractivity contribution in [1.82, 2.24) is 0 Å². The number of carboxylic acids is 1. The fourth-order valence-electron chi connectivity index (χ4n) is 3.31. The van der Waals surface area contributed by atoms with E-state index < -0.39 is 39.2 Å². The summed E-state index contributed by atoms with van der Waals surface area (Å²) in [6.45, 7) is 0. The van der Waals surface area contributed by atoms with E-state index in [0.717, 1.165) is 12.7 Å². The number of carboxylic acid groups (broad SMARTS) is 1. The largest absolute Gasteiger partial charge is 0.481 e. The summed E-state index contributed by atoms with van der Waals surface area (Å²) in [5.74, 6) is 0.151. The van der Waals surface area contributed by atoms with E-state index in [2.05, 4.69) is 0 Å². The summed E-state index contributed by atoms with van der Waals surface area (Å²) >= 11 is 2.78. The van der Waals surface area contributed by atoms with Crippen LogP contribution in [0.2, 0.25) is 0 Å². The van der Waals surface area contributed by atoms with Gasteiger partial charge >= 0.3 is 5.97 Å². The lowest BCUT2D eigenvalue weighted by Crippen LogP contribution is -2.22. The lowest BCUT2D eigenvalue weighted by atomic mass is 10.0. The van der Waals surface area contributed by atoms with Gasteiger partial charge in [-0.05, 0) is 35.6 Å². The number of hydrogen-bond acceptors (Lipinski definition) is 8. The van der Waals surface area contributed by atoms with Gasteiger partial charge in [-0.2, -0.15) is 11.8 Å². The SMILES string of the molecule is CS(=O)(=O)c1cccc(CC(O)C=C[C@H]2C(O)CC(=O)C2SCCCSCC(=O)O)c1. The van der Waals surface area contributed by atoms with Gasteiger partial charge in [-0.3, -0.25) is 9.59 Å². The molecule has 2 rings (SSSR count). The molecule has 3 unspecified atom stereocenters. The van der Waals surface area contributed by atoms with Crippen LogP contribution in [0.15, 0.2) is 41.3 Å². The molecule has 1 aliphatic rings. The van der Waals surface area contributed by atoms with Crippen molar-refractivity contribution >= 4 is 45.1 Å². The average Bonchev–Trinajstić information content (AvgIpc) is 2.94. The molecule has 172 valence electrons. The Bertz CT molecular complexity index is 898. The molecule has 0 spiro atoms. The first-order valence-corrected chi connectivity index (χ1v) is 13.9. The van der Waals surface area contributed by atoms with Crippen LogP contribution in [0.25, 0.3) is 0 Å². The van der Waals surface area contributed by atoms with Crippen LogP contribution in [-0.4, -0.2) is 76.5 Å². The molecule has 0 amide bonds. The Morgan fingerprint density at radius 3 is 2.74 bits per heavy atom. The molecular weight excluding hydrogens is 460 g/mol. The van der Waals surface area contributed by atoms with Gasteiger partial charge in [0.15, 0.2) is 9.84 Å². The molecule has 0 aliphatic heterocycles. The van der Waals surface area contributed by atoms with Gasteiger partial charge in [0.05, 0.1) is 28.1 Å². The molecule has 10 heteroatoms. The fourth-order valence-corrected chi connectivity index (χ4v) is 6.19. The predicted octanol–water partition coefficient (Wildman–Crippen LogP) is 1.81. The van der Waals surface area contributed by atoms with Gasteiger partial charge in [0.2, 0.25) is 0 Å². The molecule has 0 heterocycles. The number of carbonyl (C=O) groups excluding carboxylic acids is 1. The van der Waals surface area contributed by atoms with E-state index in [1.807, 2.05) is 0 Å². The third-order valence-corrected chi connectivity index (χ3v) is 8.40. The van der Waals surface area contributed by atoms with Crippen molar-refractivity contribution in [2.75, 3.05) is 23.5 Å². The zero-order chi connectivity index (χ0) is 23.0. The molecular formula is C21H28O7S3. The Balaban J connectivity index is 1.91. The second-order valence-electron chi connectivity index (χ2n) is 7.48. The summed E-state index contributed by atoms with van der Waals surface area (Å²) in [4.78, 5) is 23.0. The van der Waals surface area contributed by atoms with Crippen LogP contribution in [0.3, 0.4) is 0 Å². The molecule has 0 saturated heterocycles. The molecule has 31 heavy (non-hydrogen) atoms. The highest BCUT2D eigenvalue weighted by Gasteiger charge is 2.40. The highest BCUT2D eigenvalue weighted by Crippen LogP contribution is 2.34. The molecule has 1 aliphatic carbocycles. The number of thioether (sulfide) groups is 2. The van der Waals surface area contributed by atoms with Crippen LogP contribution in [0, 0.1) is 5.92 Å². The first kappa shape index (κ1) is 25.9. The van der Waals surface area contributed by atoms with Crippen LogP contribution in [0.4, 0.5) is 0 Å². The number of benzene rings is 1. The summed E-state index contributed by atoms with van der Waals surface area (Å²) in [5.41, 5.74) is 0.674. The predicted molar refractivity (Wildman–Crippen MR) is 123 cm³/mol. The Labute approximate surface area is 191 Å². The van der Waals surface area contributed by atoms with E-state index in [-0.39, 0.29) is 29.3 Å². The number of Topliss-reactive ketones (excluding diaryl/α,β-unsaturated/α-hetero) is 1. The van der Waals surface area contributed by atoms with Crippen molar-refractivity contribution in [2.45, 2.75) is 41.6 Å². The monoisotopic (exact) mass is 488 g/mol. The number of ketones is 1. The van der Waals surface area contributed by atoms with Crippen molar-refractivity contribution in [3.8, 4) is 0 Å². The first-order chi connectivity index (χ1) is 14.6. The summed E-state index contributed by atoms with van der Waals surface area (Å²) < 4.78 is 23.4. The lowest BCUT2D eigenvalue weighted by molar-refractivity contribution is -0.133. The highest BCUT2D eigenvalue weighted by atomic mass is 32.2. The minimum atomic E-state index is -3.33. The number of rotatable bonds is 12. The molecule has 7 nitrogen and oxygen atoms in total. The molecule has 1 aromatic rings. The summed E-state index contributed by atoms with van der Waals surface area (Å²) in [7, 11) is -3.33. The van der Waals surface area contributed by atoms with Crippen molar-refractivity contribution in [3.05, 3.63) is 42.0 Å². The Hall–Kier alpha value is -1.33. The number of hydrogen-bond donors (Lipinski definition) is 3. The van der Waals surface area contributed by atoms with Crippen LogP contribution in [0.5, 0.6) is 0 Å². The third-order valence-electron chi connectivity index (χ3n) is 4.80. The number of aliphatic hydroxyl groups excluding tert-OH is 2. The Kier molecular flexibility index (Phi) is 10.1. The molecule has 0 bridgehead atoms. The van der Waals surface area contributed by atoms with Crippen LogP contribution >= 0.6 is 23.5 Å². The van der Waals surface area contributed by atoms with Crippen molar-refractivity contribution < 1.29 is 33.3 Å². The Morgan fingerprint density at radius 2 is 2.06 bits per heavy atom. The Morgan fingerprint density at radius 1 is 1.32 bits per heavy atom. The number of aliphatic carboxylic acids is 1. The lowest BCUT2D eigenvalue weighted by Gasteiger charge is -2.17. The van der Waals surface area contributed by atoms with Gasteiger partial charge in [-0.15, -0.1) is 11.8 Å². The van der Waals surface area contributed by atoms with Crippen LogP contribution in [0.1, 0.15) is 18.4 Å². The maximum atomic E-state index is 12.3. The highest BCUT2D eigenvalue weighted by molar-refractivity contribution is 8.01. The zero-order valence-corrected chi connectivity index (χ0v) is 19.7. The summed E-state index contributed by atoms with van der Waals surface area (Å²) in [5, 5.41) is 28.9. The molecule has 0 aromatic heterocycles. The van der Waals surface area contributed by atoms with Crippen LogP contribution in [-0.2, 0) is 25.8 Å². The first-order valence-electron chi connectivity index (χ1n) is 9.85. The van der Waals surface area contributed by atoms with Gasteiger partial charge < -0.3 is 15.3 Å². The number of sulfone groups is 1. The van der Waals surface area contributed by atoms with Gasteiger partial charge in [0.1, 0.15) is 5.78 Å². The topological polar surface area (TPSA) is 129 Å². The molecule has 1 aromatic carbocycles. The smallest absolute Gasteiger partial charge is 0.313 e. The molecule has 3 N–H and O–H groups in total. The second kappa shape index (κ2) is 12.1. The van der Waals surface area contributed by atoms with E-state index in [1.54, 1.807) is 24.3 Å². The van der Waals surface area contributed by atoms with E-state index in [0.29, 0.717) is 17.1 Å². The minimum Gasteiger partial charge on any atom is -0.481 e. The minimum absolute atomic E-state index is 0.0271. The average molecular weight is 489 g/mol. The fraction of sp³-hybridized carbons (Fsp3) is 0.524. The maximum Gasteiger partial charge on any atom is 0.313 e. The van der Waals surface area contributed by atoms with E-state index >= 15 is 0 Å².